The highest BCUT2D eigenvalue weighted by molar-refractivity contribution is 5.88. The first-order valence-corrected chi connectivity index (χ1v) is 11.7. The number of aromatic carboxylic acids is 1. The van der Waals surface area contributed by atoms with Gasteiger partial charge < -0.3 is 24.4 Å². The molecule has 0 aliphatic carbocycles. The van der Waals surface area contributed by atoms with Gasteiger partial charge in [0.15, 0.2) is 0 Å². The lowest BCUT2D eigenvalue weighted by Crippen LogP contribution is -2.46. The van der Waals surface area contributed by atoms with Crippen LogP contribution in [-0.4, -0.2) is 57.6 Å². The summed E-state index contributed by atoms with van der Waals surface area (Å²) in [4.78, 5) is 15.7. The Morgan fingerprint density at radius 3 is 1.72 bits per heavy atom. The first-order chi connectivity index (χ1) is 15.7. The van der Waals surface area contributed by atoms with Gasteiger partial charge in [0.25, 0.3) is 0 Å². The second kappa shape index (κ2) is 13.0. The molecular weight excluding hydrogens is 404 g/mol. The van der Waals surface area contributed by atoms with Gasteiger partial charge in [0.2, 0.25) is 0 Å². The molecule has 0 saturated carbocycles. The van der Waals surface area contributed by atoms with Crippen molar-refractivity contribution in [1.29, 1.82) is 0 Å². The molecule has 2 aromatic rings. The molecule has 32 heavy (non-hydrogen) atoms. The van der Waals surface area contributed by atoms with Crippen molar-refractivity contribution < 1.29 is 19.4 Å². The fraction of sp³-hybridized carbons (Fsp3) is 0.500. The summed E-state index contributed by atoms with van der Waals surface area (Å²) >= 11 is 0. The lowest BCUT2D eigenvalue weighted by molar-refractivity contribution is 0.0697. The summed E-state index contributed by atoms with van der Waals surface area (Å²) in [5.41, 5.74) is 2.62. The van der Waals surface area contributed by atoms with Gasteiger partial charge in [-0.3, -0.25) is 0 Å². The number of piperazine rings is 1. The second-order valence-electron chi connectivity index (χ2n) is 8.28. The number of carboxylic acids is 1. The minimum absolute atomic E-state index is 0.327. The van der Waals surface area contributed by atoms with Crippen LogP contribution in [0.2, 0.25) is 0 Å². The third-order valence-corrected chi connectivity index (χ3v) is 5.97. The lowest BCUT2D eigenvalue weighted by atomic mass is 10.1. The maximum atomic E-state index is 11.0. The van der Waals surface area contributed by atoms with Crippen LogP contribution in [0.5, 0.6) is 5.75 Å². The molecule has 6 nitrogen and oxygen atoms in total. The Morgan fingerprint density at radius 2 is 1.22 bits per heavy atom. The number of methoxy groups -OCH3 is 1. The summed E-state index contributed by atoms with van der Waals surface area (Å²) in [5, 5.41) is 9.05. The molecule has 1 saturated heterocycles. The van der Waals surface area contributed by atoms with Gasteiger partial charge in [-0.25, -0.2) is 4.79 Å². The summed E-state index contributed by atoms with van der Waals surface area (Å²) in [5.74, 6) is 0.0496. The van der Waals surface area contributed by atoms with E-state index in [-0.39, 0.29) is 0 Å². The van der Waals surface area contributed by atoms with Crippen LogP contribution in [0, 0.1) is 0 Å². The van der Waals surface area contributed by atoms with Crippen molar-refractivity contribution in [2.75, 3.05) is 56.3 Å². The van der Waals surface area contributed by atoms with Crippen LogP contribution < -0.4 is 14.5 Å². The number of carbonyl (C=O) groups is 1. The molecule has 1 aliphatic rings. The van der Waals surface area contributed by atoms with Crippen LogP contribution in [0.3, 0.4) is 0 Å². The monoisotopic (exact) mass is 440 g/mol. The van der Waals surface area contributed by atoms with Crippen LogP contribution in [0.15, 0.2) is 48.5 Å². The second-order valence-corrected chi connectivity index (χ2v) is 8.28. The van der Waals surface area contributed by atoms with Crippen molar-refractivity contribution in [3.8, 4) is 5.75 Å². The molecule has 0 atom stereocenters. The number of hydrogen-bond donors (Lipinski definition) is 1. The Balaban J connectivity index is 1.34. The molecule has 174 valence electrons. The molecule has 0 unspecified atom stereocenters. The number of unbranched alkanes of at least 4 members (excludes halogenated alkanes) is 5. The summed E-state index contributed by atoms with van der Waals surface area (Å²) < 4.78 is 11.0. The Bertz CT molecular complexity index is 800. The molecule has 2 aromatic carbocycles. The Morgan fingerprint density at radius 1 is 0.750 bits per heavy atom. The Kier molecular flexibility index (Phi) is 9.69. The van der Waals surface area contributed by atoms with Gasteiger partial charge in [-0.2, -0.15) is 0 Å². The van der Waals surface area contributed by atoms with Crippen molar-refractivity contribution in [3.05, 3.63) is 54.1 Å². The largest absolute Gasteiger partial charge is 0.494 e. The average Bonchev–Trinajstić information content (AvgIpc) is 2.83. The predicted molar refractivity (Wildman–Crippen MR) is 129 cm³/mol. The minimum Gasteiger partial charge on any atom is -0.494 e. The number of carboxylic acid groups (broad SMARTS) is 1. The third-order valence-electron chi connectivity index (χ3n) is 5.97. The van der Waals surface area contributed by atoms with Crippen molar-refractivity contribution in [3.63, 3.8) is 0 Å². The average molecular weight is 441 g/mol. The smallest absolute Gasteiger partial charge is 0.335 e. The summed E-state index contributed by atoms with van der Waals surface area (Å²) in [6.45, 7) is 5.34. The lowest BCUT2D eigenvalue weighted by Gasteiger charge is -2.37. The van der Waals surface area contributed by atoms with Gasteiger partial charge in [0.1, 0.15) is 5.75 Å². The van der Waals surface area contributed by atoms with Gasteiger partial charge in [-0.1, -0.05) is 25.7 Å². The molecule has 3 rings (SSSR count). The highest BCUT2D eigenvalue weighted by Gasteiger charge is 2.18. The van der Waals surface area contributed by atoms with E-state index < -0.39 is 5.97 Å². The molecule has 0 spiro atoms. The van der Waals surface area contributed by atoms with Gasteiger partial charge in [0.05, 0.1) is 12.2 Å². The summed E-state index contributed by atoms with van der Waals surface area (Å²) in [6, 6.07) is 15.6. The number of ether oxygens (including phenoxy) is 2. The topological polar surface area (TPSA) is 62.2 Å². The van der Waals surface area contributed by atoms with Gasteiger partial charge in [0, 0.05) is 51.3 Å². The third kappa shape index (κ3) is 7.45. The van der Waals surface area contributed by atoms with E-state index in [0.29, 0.717) is 5.56 Å². The maximum absolute atomic E-state index is 11.0. The van der Waals surface area contributed by atoms with E-state index in [1.165, 1.54) is 31.4 Å². The normalized spacial score (nSPS) is 13.9. The molecule has 0 radical (unpaired) electrons. The predicted octanol–water partition coefficient (Wildman–Crippen LogP) is 5.08. The van der Waals surface area contributed by atoms with E-state index in [9.17, 15) is 4.79 Å². The number of benzene rings is 2. The molecule has 6 heteroatoms. The molecule has 0 aromatic heterocycles. The van der Waals surface area contributed by atoms with Crippen LogP contribution >= 0.6 is 0 Å². The van der Waals surface area contributed by atoms with Crippen molar-refractivity contribution in [2.24, 2.45) is 0 Å². The molecule has 1 heterocycles. The van der Waals surface area contributed by atoms with Crippen molar-refractivity contribution in [2.45, 2.75) is 38.5 Å². The van der Waals surface area contributed by atoms with Gasteiger partial charge in [-0.15, -0.1) is 0 Å². The quantitative estimate of drug-likeness (QED) is 0.439. The van der Waals surface area contributed by atoms with Crippen LogP contribution in [0.1, 0.15) is 48.9 Å². The Hall–Kier alpha value is -2.73. The number of rotatable bonds is 13. The number of anilines is 2. The van der Waals surface area contributed by atoms with Crippen LogP contribution in [0.4, 0.5) is 11.4 Å². The number of hydrogen-bond acceptors (Lipinski definition) is 5. The summed E-state index contributed by atoms with van der Waals surface area (Å²) in [7, 11) is 1.76. The van der Waals surface area contributed by atoms with E-state index in [4.69, 9.17) is 14.6 Å². The fourth-order valence-corrected chi connectivity index (χ4v) is 4.04. The van der Waals surface area contributed by atoms with E-state index in [2.05, 4.69) is 34.1 Å². The fourth-order valence-electron chi connectivity index (χ4n) is 4.04. The zero-order chi connectivity index (χ0) is 22.6. The SMILES string of the molecule is COCCCCCCCCOc1ccc(N2CCN(c3ccc(C(=O)O)cc3)CC2)cc1. The number of nitrogens with zero attached hydrogens (tertiary/aromatic N) is 2. The zero-order valence-electron chi connectivity index (χ0n) is 19.2. The van der Waals surface area contributed by atoms with Gasteiger partial charge >= 0.3 is 5.97 Å². The molecular formula is C26H36N2O4. The molecule has 0 bridgehead atoms. The zero-order valence-corrected chi connectivity index (χ0v) is 19.2. The molecule has 0 amide bonds. The first kappa shape index (κ1) is 23.9. The van der Waals surface area contributed by atoms with E-state index in [1.807, 2.05) is 12.1 Å². The van der Waals surface area contributed by atoms with E-state index in [0.717, 1.165) is 63.7 Å². The van der Waals surface area contributed by atoms with Crippen molar-refractivity contribution >= 4 is 17.3 Å². The van der Waals surface area contributed by atoms with Crippen molar-refractivity contribution in [1.82, 2.24) is 0 Å². The van der Waals surface area contributed by atoms with E-state index >= 15 is 0 Å². The standard InChI is InChI=1S/C26H36N2O4/c1-31-20-6-4-2-3-5-7-21-32-25-14-12-24(13-15-25)28-18-16-27(17-19-28)23-10-8-22(9-11-23)26(29)30/h8-15H,2-7,16-21H2,1H3,(H,29,30). The molecule has 1 N–H and O–H groups in total. The van der Waals surface area contributed by atoms with Gasteiger partial charge in [-0.05, 0) is 61.4 Å². The minimum atomic E-state index is -0.887. The highest BCUT2D eigenvalue weighted by atomic mass is 16.5. The molecule has 1 fully saturated rings. The van der Waals surface area contributed by atoms with Crippen LogP contribution in [-0.2, 0) is 4.74 Å². The molecule has 1 aliphatic heterocycles. The highest BCUT2D eigenvalue weighted by Crippen LogP contribution is 2.23. The van der Waals surface area contributed by atoms with Crippen LogP contribution in [0.25, 0.3) is 0 Å². The Labute approximate surface area is 191 Å². The summed E-state index contributed by atoms with van der Waals surface area (Å²) in [6.07, 6.45) is 7.27. The first-order valence-electron chi connectivity index (χ1n) is 11.7. The van der Waals surface area contributed by atoms with E-state index in [1.54, 1.807) is 19.2 Å². The maximum Gasteiger partial charge on any atom is 0.335 e.